The molecule has 1 rings (SSSR count). The number of ether oxygens (including phenoxy) is 1. The number of nitrogen functional groups attached to an aromatic ring is 1. The third-order valence-electron chi connectivity index (χ3n) is 2.43. The Morgan fingerprint density at radius 1 is 1.24 bits per heavy atom. The summed E-state index contributed by atoms with van der Waals surface area (Å²) < 4.78 is 5.38. The molecule has 0 aromatic carbocycles. The van der Waals surface area contributed by atoms with E-state index in [9.17, 15) is 0 Å². The van der Waals surface area contributed by atoms with Crippen molar-refractivity contribution in [3.8, 4) is 5.88 Å². The van der Waals surface area contributed by atoms with E-state index in [4.69, 9.17) is 10.5 Å². The van der Waals surface area contributed by atoms with Gasteiger partial charge in [0.1, 0.15) is 5.82 Å². The average Bonchev–Trinajstić information content (AvgIpc) is 2.29. The van der Waals surface area contributed by atoms with Crippen LogP contribution in [-0.4, -0.2) is 50.7 Å². The normalized spacial score (nSPS) is 10.6. The van der Waals surface area contributed by atoms with Crippen LogP contribution in [0.2, 0.25) is 0 Å². The van der Waals surface area contributed by atoms with Crippen molar-refractivity contribution in [2.45, 2.75) is 6.92 Å². The zero-order chi connectivity index (χ0) is 12.8. The van der Waals surface area contributed by atoms with Crippen LogP contribution < -0.4 is 15.4 Å². The molecule has 5 nitrogen and oxygen atoms in total. The van der Waals surface area contributed by atoms with Gasteiger partial charge in [-0.05, 0) is 33.2 Å². The van der Waals surface area contributed by atoms with Crippen molar-refractivity contribution in [1.29, 1.82) is 0 Å². The molecule has 0 aliphatic carbocycles. The van der Waals surface area contributed by atoms with Crippen LogP contribution in [0.5, 0.6) is 5.88 Å². The SMILES string of the molecule is CCOc1nc(N(C)CCN(C)C)ccc1N. The molecule has 0 aliphatic heterocycles. The van der Waals surface area contributed by atoms with Gasteiger partial charge in [0.25, 0.3) is 0 Å². The molecular formula is C12H22N4O. The van der Waals surface area contributed by atoms with Crippen molar-refractivity contribution in [1.82, 2.24) is 9.88 Å². The number of rotatable bonds is 6. The summed E-state index contributed by atoms with van der Waals surface area (Å²) in [5.74, 6) is 1.39. The molecule has 1 aromatic rings. The fourth-order valence-corrected chi connectivity index (χ4v) is 1.37. The number of hydrogen-bond acceptors (Lipinski definition) is 5. The summed E-state index contributed by atoms with van der Waals surface area (Å²) in [4.78, 5) is 8.62. The number of hydrogen-bond donors (Lipinski definition) is 1. The number of nitrogens with zero attached hydrogens (tertiary/aromatic N) is 3. The van der Waals surface area contributed by atoms with Gasteiger partial charge in [0.2, 0.25) is 5.88 Å². The molecule has 96 valence electrons. The topological polar surface area (TPSA) is 54.6 Å². The fourth-order valence-electron chi connectivity index (χ4n) is 1.37. The van der Waals surface area contributed by atoms with Crippen molar-refractivity contribution in [2.24, 2.45) is 0 Å². The maximum atomic E-state index is 5.78. The summed E-state index contributed by atoms with van der Waals surface area (Å²) in [6.45, 7) is 4.38. The summed E-state index contributed by atoms with van der Waals surface area (Å²) in [5.41, 5.74) is 6.36. The standard InChI is InChI=1S/C12H22N4O/c1-5-17-12-10(13)6-7-11(14-12)16(4)9-8-15(2)3/h6-7H,5,8-9,13H2,1-4H3. The molecule has 5 heteroatoms. The Balaban J connectivity index is 2.73. The number of anilines is 2. The molecule has 0 fully saturated rings. The molecule has 0 amide bonds. The monoisotopic (exact) mass is 238 g/mol. The first kappa shape index (κ1) is 13.6. The lowest BCUT2D eigenvalue weighted by Gasteiger charge is -2.21. The van der Waals surface area contributed by atoms with Crippen LogP contribution in [0.15, 0.2) is 12.1 Å². The van der Waals surface area contributed by atoms with Crippen molar-refractivity contribution < 1.29 is 4.74 Å². The largest absolute Gasteiger partial charge is 0.476 e. The Morgan fingerprint density at radius 2 is 1.94 bits per heavy atom. The molecule has 0 aliphatic rings. The van der Waals surface area contributed by atoms with Gasteiger partial charge in [-0.1, -0.05) is 0 Å². The predicted molar refractivity (Wildman–Crippen MR) is 71.6 cm³/mol. The molecule has 1 heterocycles. The molecule has 0 atom stereocenters. The zero-order valence-electron chi connectivity index (χ0n) is 11.1. The second-order valence-corrected chi connectivity index (χ2v) is 4.22. The van der Waals surface area contributed by atoms with E-state index in [1.165, 1.54) is 0 Å². The fraction of sp³-hybridized carbons (Fsp3) is 0.583. The predicted octanol–water partition coefficient (Wildman–Crippen LogP) is 1.06. The van der Waals surface area contributed by atoms with E-state index < -0.39 is 0 Å². The maximum absolute atomic E-state index is 5.78. The lowest BCUT2D eigenvalue weighted by atomic mass is 10.3. The van der Waals surface area contributed by atoms with Gasteiger partial charge in [-0.15, -0.1) is 0 Å². The second-order valence-electron chi connectivity index (χ2n) is 4.22. The van der Waals surface area contributed by atoms with E-state index in [1.54, 1.807) is 0 Å². The summed E-state index contributed by atoms with van der Waals surface area (Å²) in [6, 6.07) is 3.74. The van der Waals surface area contributed by atoms with Gasteiger partial charge < -0.3 is 20.3 Å². The Morgan fingerprint density at radius 3 is 2.53 bits per heavy atom. The Kier molecular flexibility index (Phi) is 5.03. The highest BCUT2D eigenvalue weighted by Gasteiger charge is 2.07. The Labute approximate surface area is 103 Å². The summed E-state index contributed by atoms with van der Waals surface area (Å²) in [5, 5.41) is 0. The van der Waals surface area contributed by atoms with Crippen LogP contribution >= 0.6 is 0 Å². The van der Waals surface area contributed by atoms with Crippen molar-refractivity contribution >= 4 is 11.5 Å². The van der Waals surface area contributed by atoms with Crippen LogP contribution in [0.3, 0.4) is 0 Å². The van der Waals surface area contributed by atoms with E-state index in [-0.39, 0.29) is 0 Å². The smallest absolute Gasteiger partial charge is 0.239 e. The summed E-state index contributed by atoms with van der Waals surface area (Å²) in [6.07, 6.45) is 0. The van der Waals surface area contributed by atoms with E-state index >= 15 is 0 Å². The molecule has 1 aromatic heterocycles. The first-order valence-electron chi connectivity index (χ1n) is 5.79. The molecule has 0 radical (unpaired) electrons. The van der Waals surface area contributed by atoms with Crippen LogP contribution in [0.4, 0.5) is 11.5 Å². The summed E-state index contributed by atoms with van der Waals surface area (Å²) >= 11 is 0. The zero-order valence-corrected chi connectivity index (χ0v) is 11.1. The number of pyridine rings is 1. The molecule has 0 spiro atoms. The van der Waals surface area contributed by atoms with Crippen LogP contribution in [0.25, 0.3) is 0 Å². The van der Waals surface area contributed by atoms with Crippen LogP contribution in [0.1, 0.15) is 6.92 Å². The molecular weight excluding hydrogens is 216 g/mol. The summed E-state index contributed by atoms with van der Waals surface area (Å²) in [7, 11) is 6.11. The molecule has 0 saturated carbocycles. The highest BCUT2D eigenvalue weighted by molar-refractivity contribution is 5.54. The van der Waals surface area contributed by atoms with Gasteiger partial charge in [-0.3, -0.25) is 0 Å². The minimum atomic E-state index is 0.515. The molecule has 0 saturated heterocycles. The lowest BCUT2D eigenvalue weighted by Crippen LogP contribution is -2.29. The number of likely N-dealkylation sites (N-methyl/N-ethyl adjacent to an activating group) is 2. The molecule has 2 N–H and O–H groups in total. The molecule has 17 heavy (non-hydrogen) atoms. The van der Waals surface area contributed by atoms with Crippen molar-refractivity contribution in [3.63, 3.8) is 0 Å². The van der Waals surface area contributed by atoms with Gasteiger partial charge in [0, 0.05) is 20.1 Å². The number of nitrogens with two attached hydrogens (primary N) is 1. The van der Waals surface area contributed by atoms with Gasteiger partial charge in [-0.25, -0.2) is 0 Å². The van der Waals surface area contributed by atoms with Crippen LogP contribution in [0, 0.1) is 0 Å². The van der Waals surface area contributed by atoms with Crippen molar-refractivity contribution in [2.75, 3.05) is 51.5 Å². The molecule has 0 bridgehead atoms. The van der Waals surface area contributed by atoms with E-state index in [1.807, 2.05) is 26.1 Å². The third kappa shape index (κ3) is 4.11. The highest BCUT2D eigenvalue weighted by Crippen LogP contribution is 2.22. The van der Waals surface area contributed by atoms with Gasteiger partial charge in [0.05, 0.1) is 12.3 Å². The van der Waals surface area contributed by atoms with Gasteiger partial charge in [-0.2, -0.15) is 4.98 Å². The van der Waals surface area contributed by atoms with Crippen LogP contribution in [-0.2, 0) is 0 Å². The number of aromatic nitrogens is 1. The quantitative estimate of drug-likeness (QED) is 0.803. The second kappa shape index (κ2) is 6.30. The maximum Gasteiger partial charge on any atom is 0.239 e. The lowest BCUT2D eigenvalue weighted by molar-refractivity contribution is 0.329. The van der Waals surface area contributed by atoms with E-state index in [0.29, 0.717) is 18.2 Å². The first-order valence-corrected chi connectivity index (χ1v) is 5.79. The Hall–Kier alpha value is -1.49. The average molecular weight is 238 g/mol. The highest BCUT2D eigenvalue weighted by atomic mass is 16.5. The minimum absolute atomic E-state index is 0.515. The third-order valence-corrected chi connectivity index (χ3v) is 2.43. The van der Waals surface area contributed by atoms with Gasteiger partial charge in [0.15, 0.2) is 0 Å². The molecule has 0 unspecified atom stereocenters. The first-order chi connectivity index (χ1) is 8.04. The van der Waals surface area contributed by atoms with Gasteiger partial charge >= 0.3 is 0 Å². The van der Waals surface area contributed by atoms with E-state index in [2.05, 4.69) is 28.9 Å². The minimum Gasteiger partial charge on any atom is -0.476 e. The Bertz CT molecular complexity index is 354. The van der Waals surface area contributed by atoms with E-state index in [0.717, 1.165) is 18.9 Å². The van der Waals surface area contributed by atoms with Crippen molar-refractivity contribution in [3.05, 3.63) is 12.1 Å².